The lowest BCUT2D eigenvalue weighted by atomic mass is 10.0. The molecule has 26 heavy (non-hydrogen) atoms. The van der Waals surface area contributed by atoms with E-state index in [9.17, 15) is 14.9 Å². The van der Waals surface area contributed by atoms with E-state index in [0.29, 0.717) is 28.2 Å². The van der Waals surface area contributed by atoms with Gasteiger partial charge < -0.3 is 14.2 Å². The quantitative estimate of drug-likeness (QED) is 0.323. The summed E-state index contributed by atoms with van der Waals surface area (Å²) in [6.45, 7) is 1.96. The molecule has 0 aliphatic carbocycles. The van der Waals surface area contributed by atoms with Gasteiger partial charge in [0.2, 0.25) is 0 Å². The van der Waals surface area contributed by atoms with Crippen molar-refractivity contribution in [2.24, 2.45) is 0 Å². The first-order chi connectivity index (χ1) is 12.5. The van der Waals surface area contributed by atoms with E-state index >= 15 is 0 Å². The molecular formula is C19H19NO6. The summed E-state index contributed by atoms with van der Waals surface area (Å²) in [6.07, 6.45) is 3.31. The second-order valence-corrected chi connectivity index (χ2v) is 5.17. The lowest BCUT2D eigenvalue weighted by Crippen LogP contribution is -2.08. The first-order valence-electron chi connectivity index (χ1n) is 7.86. The summed E-state index contributed by atoms with van der Waals surface area (Å²) in [5.41, 5.74) is 1.37. The fraction of sp³-hybridized carbons (Fsp3) is 0.211. The van der Waals surface area contributed by atoms with Crippen molar-refractivity contribution in [2.45, 2.75) is 6.92 Å². The monoisotopic (exact) mass is 357 g/mol. The number of methoxy groups -OCH3 is 2. The number of esters is 1. The highest BCUT2D eigenvalue weighted by molar-refractivity contribution is 5.97. The van der Waals surface area contributed by atoms with Crippen LogP contribution < -0.4 is 9.47 Å². The number of nitro groups is 1. The van der Waals surface area contributed by atoms with E-state index in [1.165, 1.54) is 26.4 Å². The van der Waals surface area contributed by atoms with Crippen molar-refractivity contribution in [3.05, 3.63) is 63.2 Å². The minimum absolute atomic E-state index is 0.0182. The van der Waals surface area contributed by atoms with Crippen LogP contribution in [0.25, 0.3) is 12.2 Å². The van der Waals surface area contributed by atoms with Crippen molar-refractivity contribution in [3.8, 4) is 11.5 Å². The van der Waals surface area contributed by atoms with Gasteiger partial charge in [-0.05, 0) is 30.7 Å². The van der Waals surface area contributed by atoms with Crippen LogP contribution in [0, 0.1) is 10.1 Å². The number of hydrogen-bond acceptors (Lipinski definition) is 6. The van der Waals surface area contributed by atoms with Crippen molar-refractivity contribution in [2.75, 3.05) is 20.8 Å². The van der Waals surface area contributed by atoms with Gasteiger partial charge in [0, 0.05) is 17.7 Å². The van der Waals surface area contributed by atoms with Gasteiger partial charge in [-0.25, -0.2) is 4.79 Å². The summed E-state index contributed by atoms with van der Waals surface area (Å²) in [4.78, 5) is 22.7. The summed E-state index contributed by atoms with van der Waals surface area (Å²) in [5, 5.41) is 10.9. The van der Waals surface area contributed by atoms with Crippen LogP contribution in [0.3, 0.4) is 0 Å². The van der Waals surface area contributed by atoms with Crippen molar-refractivity contribution in [1.29, 1.82) is 0 Å². The smallest absolute Gasteiger partial charge is 0.338 e. The van der Waals surface area contributed by atoms with E-state index in [-0.39, 0.29) is 12.3 Å². The number of ether oxygens (including phenoxy) is 3. The number of nitro benzene ring substituents is 1. The lowest BCUT2D eigenvalue weighted by Gasteiger charge is -2.14. The third-order valence-electron chi connectivity index (χ3n) is 3.60. The van der Waals surface area contributed by atoms with E-state index in [2.05, 4.69) is 0 Å². The van der Waals surface area contributed by atoms with Gasteiger partial charge in [0.05, 0.1) is 31.3 Å². The Morgan fingerprint density at radius 1 is 1.15 bits per heavy atom. The molecule has 0 heterocycles. The van der Waals surface area contributed by atoms with E-state index < -0.39 is 10.9 Å². The van der Waals surface area contributed by atoms with E-state index in [0.717, 1.165) is 0 Å². The summed E-state index contributed by atoms with van der Waals surface area (Å²) < 4.78 is 15.8. The Balaban J connectivity index is 2.53. The van der Waals surface area contributed by atoms with Gasteiger partial charge in [-0.2, -0.15) is 0 Å². The topological polar surface area (TPSA) is 87.9 Å². The largest absolute Gasteiger partial charge is 0.493 e. The van der Waals surface area contributed by atoms with E-state index in [4.69, 9.17) is 14.2 Å². The van der Waals surface area contributed by atoms with Gasteiger partial charge >= 0.3 is 5.97 Å². The summed E-state index contributed by atoms with van der Waals surface area (Å²) in [5.74, 6) is 0.339. The SMILES string of the molecule is CCOC(=O)c1ccc(OC)c(OC)c1/C=C\c1cccc([N+](=O)[O-])c1. The maximum Gasteiger partial charge on any atom is 0.338 e. The molecule has 0 atom stereocenters. The van der Waals surface area contributed by atoms with Crippen molar-refractivity contribution < 1.29 is 23.9 Å². The molecule has 0 spiro atoms. The molecule has 7 nitrogen and oxygen atoms in total. The predicted octanol–water partition coefficient (Wildman–Crippen LogP) is 3.96. The third-order valence-corrected chi connectivity index (χ3v) is 3.60. The Labute approximate surface area is 151 Å². The molecule has 2 aromatic rings. The first-order valence-corrected chi connectivity index (χ1v) is 7.86. The van der Waals surface area contributed by atoms with Crippen LogP contribution in [0.4, 0.5) is 5.69 Å². The third kappa shape index (κ3) is 4.18. The zero-order chi connectivity index (χ0) is 19.1. The molecule has 0 amide bonds. The Kier molecular flexibility index (Phi) is 6.32. The van der Waals surface area contributed by atoms with Gasteiger partial charge in [0.15, 0.2) is 11.5 Å². The molecule has 0 aliphatic heterocycles. The lowest BCUT2D eigenvalue weighted by molar-refractivity contribution is -0.384. The zero-order valence-electron chi connectivity index (χ0n) is 14.7. The fourth-order valence-corrected chi connectivity index (χ4v) is 2.42. The highest BCUT2D eigenvalue weighted by Gasteiger charge is 2.18. The Bertz CT molecular complexity index is 844. The van der Waals surface area contributed by atoms with Gasteiger partial charge in [0.1, 0.15) is 0 Å². The molecule has 2 aromatic carbocycles. The number of carbonyl (C=O) groups excluding carboxylic acids is 1. The van der Waals surface area contributed by atoms with Crippen LogP contribution in [-0.2, 0) is 4.74 Å². The molecule has 0 unspecified atom stereocenters. The van der Waals surface area contributed by atoms with Gasteiger partial charge in [-0.3, -0.25) is 10.1 Å². The molecule has 0 fully saturated rings. The molecular weight excluding hydrogens is 338 g/mol. The average Bonchev–Trinajstić information content (AvgIpc) is 2.65. The van der Waals surface area contributed by atoms with Crippen molar-refractivity contribution in [3.63, 3.8) is 0 Å². The molecule has 7 heteroatoms. The molecule has 0 saturated heterocycles. The highest BCUT2D eigenvalue weighted by Crippen LogP contribution is 2.35. The fourth-order valence-electron chi connectivity index (χ4n) is 2.42. The zero-order valence-corrected chi connectivity index (χ0v) is 14.7. The maximum absolute atomic E-state index is 12.2. The normalized spacial score (nSPS) is 10.6. The van der Waals surface area contributed by atoms with Crippen LogP contribution in [0.5, 0.6) is 11.5 Å². The molecule has 0 N–H and O–H groups in total. The first kappa shape index (κ1) is 19.0. The van der Waals surface area contributed by atoms with Gasteiger partial charge in [-0.1, -0.05) is 18.2 Å². The number of non-ortho nitro benzene ring substituents is 1. The number of carbonyl (C=O) groups is 1. The molecule has 0 saturated carbocycles. The number of rotatable bonds is 7. The summed E-state index contributed by atoms with van der Waals surface area (Å²) >= 11 is 0. The molecule has 2 rings (SSSR count). The molecule has 0 radical (unpaired) electrons. The minimum atomic E-state index is -0.493. The minimum Gasteiger partial charge on any atom is -0.493 e. The van der Waals surface area contributed by atoms with Gasteiger partial charge in [-0.15, -0.1) is 0 Å². The van der Waals surface area contributed by atoms with Gasteiger partial charge in [0.25, 0.3) is 5.69 Å². The standard InChI is InChI=1S/C19H19NO6/c1-4-26-19(21)16-10-11-17(24-2)18(25-3)15(16)9-8-13-6-5-7-14(12-13)20(22)23/h5-12H,4H2,1-3H3/b9-8-. The summed E-state index contributed by atoms with van der Waals surface area (Å²) in [7, 11) is 2.97. The van der Waals surface area contributed by atoms with Crippen LogP contribution in [0.15, 0.2) is 36.4 Å². The number of hydrogen-bond donors (Lipinski definition) is 0. The molecule has 0 aromatic heterocycles. The Morgan fingerprint density at radius 2 is 1.92 bits per heavy atom. The predicted molar refractivity (Wildman–Crippen MR) is 97.5 cm³/mol. The van der Waals surface area contributed by atoms with Crippen molar-refractivity contribution in [1.82, 2.24) is 0 Å². The summed E-state index contributed by atoms with van der Waals surface area (Å²) in [6, 6.07) is 9.37. The molecule has 0 aliphatic rings. The van der Waals surface area contributed by atoms with Crippen LogP contribution in [0.1, 0.15) is 28.4 Å². The molecule has 136 valence electrons. The molecule has 0 bridgehead atoms. The second kappa shape index (κ2) is 8.66. The Hall–Kier alpha value is -3.35. The maximum atomic E-state index is 12.2. The second-order valence-electron chi connectivity index (χ2n) is 5.17. The van der Waals surface area contributed by atoms with E-state index in [1.54, 1.807) is 43.3 Å². The number of benzene rings is 2. The van der Waals surface area contributed by atoms with Crippen molar-refractivity contribution >= 4 is 23.8 Å². The van der Waals surface area contributed by atoms with E-state index in [1.807, 2.05) is 0 Å². The Morgan fingerprint density at radius 3 is 2.54 bits per heavy atom. The number of nitrogens with zero attached hydrogens (tertiary/aromatic N) is 1. The van der Waals surface area contributed by atoms with Crippen LogP contribution in [-0.4, -0.2) is 31.7 Å². The van der Waals surface area contributed by atoms with Crippen LogP contribution in [0.2, 0.25) is 0 Å². The highest BCUT2D eigenvalue weighted by atomic mass is 16.6. The van der Waals surface area contributed by atoms with Crippen LogP contribution >= 0.6 is 0 Å². The average molecular weight is 357 g/mol.